The van der Waals surface area contributed by atoms with Gasteiger partial charge in [-0.15, -0.1) is 0 Å². The summed E-state index contributed by atoms with van der Waals surface area (Å²) in [5.41, 5.74) is 0.747. The molecule has 1 aliphatic heterocycles. The summed E-state index contributed by atoms with van der Waals surface area (Å²) in [6, 6.07) is 15.8. The molecule has 2 atom stereocenters. The zero-order chi connectivity index (χ0) is 24.5. The second kappa shape index (κ2) is 9.29. The van der Waals surface area contributed by atoms with Crippen molar-refractivity contribution in [3.63, 3.8) is 0 Å². The van der Waals surface area contributed by atoms with Crippen molar-refractivity contribution in [3.8, 4) is 0 Å². The van der Waals surface area contributed by atoms with Gasteiger partial charge in [0.05, 0.1) is 18.2 Å². The van der Waals surface area contributed by atoms with E-state index in [9.17, 15) is 27.2 Å². The number of rotatable bonds is 5. The molecule has 1 heterocycles. The molecule has 0 spiro atoms. The third kappa shape index (κ3) is 4.66. The van der Waals surface area contributed by atoms with Crippen molar-refractivity contribution in [1.82, 2.24) is 0 Å². The van der Waals surface area contributed by atoms with Crippen LogP contribution in [-0.2, 0) is 28.5 Å². The summed E-state index contributed by atoms with van der Waals surface area (Å²) < 4.78 is 60.2. The van der Waals surface area contributed by atoms with Crippen LogP contribution in [0.4, 0.5) is 23.2 Å². The molecule has 1 aliphatic rings. The van der Waals surface area contributed by atoms with Crippen LogP contribution in [0.3, 0.4) is 0 Å². The maximum Gasteiger partial charge on any atom is 0.416 e. The first-order valence-electron chi connectivity index (χ1n) is 10.6. The predicted octanol–water partition coefficient (Wildman–Crippen LogP) is 5.77. The Bertz CT molecular complexity index is 1220. The fraction of sp³-hybridized carbons (Fsp3) is 0.231. The van der Waals surface area contributed by atoms with Crippen LogP contribution >= 0.6 is 0 Å². The lowest BCUT2D eigenvalue weighted by atomic mass is 9.75. The third-order valence-electron chi connectivity index (χ3n) is 6.15. The molecule has 4 rings (SSSR count). The van der Waals surface area contributed by atoms with Crippen molar-refractivity contribution in [3.05, 3.63) is 100 Å². The van der Waals surface area contributed by atoms with E-state index in [1.807, 2.05) is 0 Å². The molecule has 8 heteroatoms. The number of hydrogen-bond donors (Lipinski definition) is 1. The second-order valence-corrected chi connectivity index (χ2v) is 8.14. The summed E-state index contributed by atoms with van der Waals surface area (Å²) in [5.74, 6) is -2.97. The SMILES string of the molecule is COC(=O)c1ccc(C(Cc2ccccc2C(F)(F)F)C2Cc3c(F)cccc3NC2=O)cc1. The first-order chi connectivity index (χ1) is 16.2. The molecular formula is C26H21F4NO3. The largest absolute Gasteiger partial charge is 0.465 e. The van der Waals surface area contributed by atoms with Crippen molar-refractivity contribution >= 4 is 17.6 Å². The summed E-state index contributed by atoms with van der Waals surface area (Å²) in [4.78, 5) is 24.9. The highest BCUT2D eigenvalue weighted by molar-refractivity contribution is 5.96. The average molecular weight is 471 g/mol. The first-order valence-corrected chi connectivity index (χ1v) is 10.6. The van der Waals surface area contributed by atoms with Crippen molar-refractivity contribution in [2.45, 2.75) is 24.9 Å². The molecular weight excluding hydrogens is 450 g/mol. The standard InChI is InChI=1S/C26H21F4NO3/c1-34-25(33)16-11-9-15(10-12-16)18(13-17-5-2-3-6-21(17)26(28,29)30)19-14-20-22(27)7-4-8-23(20)31-24(19)32/h2-12,18-19H,13-14H2,1H3,(H,31,32). The Kier molecular flexibility index (Phi) is 6.41. The monoisotopic (exact) mass is 471 g/mol. The fourth-order valence-corrected chi connectivity index (χ4v) is 4.43. The number of anilines is 1. The molecule has 4 nitrogen and oxygen atoms in total. The van der Waals surface area contributed by atoms with Gasteiger partial charge < -0.3 is 10.1 Å². The number of carbonyl (C=O) groups is 2. The number of carbonyl (C=O) groups excluding carboxylic acids is 2. The predicted molar refractivity (Wildman–Crippen MR) is 118 cm³/mol. The summed E-state index contributed by atoms with van der Waals surface area (Å²) in [5, 5.41) is 2.70. The van der Waals surface area contributed by atoms with Gasteiger partial charge in [-0.05, 0) is 60.2 Å². The van der Waals surface area contributed by atoms with Crippen LogP contribution in [0.15, 0.2) is 66.7 Å². The van der Waals surface area contributed by atoms with Gasteiger partial charge in [-0.3, -0.25) is 4.79 Å². The van der Waals surface area contributed by atoms with Gasteiger partial charge in [-0.25, -0.2) is 9.18 Å². The molecule has 2 unspecified atom stereocenters. The van der Waals surface area contributed by atoms with Crippen LogP contribution in [0.2, 0.25) is 0 Å². The minimum atomic E-state index is -4.57. The van der Waals surface area contributed by atoms with Gasteiger partial charge >= 0.3 is 12.1 Å². The van der Waals surface area contributed by atoms with Gasteiger partial charge in [0.2, 0.25) is 5.91 Å². The highest BCUT2D eigenvalue weighted by Gasteiger charge is 2.38. The summed E-state index contributed by atoms with van der Waals surface area (Å²) >= 11 is 0. The molecule has 0 radical (unpaired) electrons. The number of ether oxygens (including phenoxy) is 1. The van der Waals surface area contributed by atoms with Crippen molar-refractivity contribution in [2.24, 2.45) is 5.92 Å². The summed E-state index contributed by atoms with van der Waals surface area (Å²) in [6.07, 6.45) is -4.63. The van der Waals surface area contributed by atoms with Gasteiger partial charge in [0, 0.05) is 17.2 Å². The Hall–Kier alpha value is -3.68. The number of fused-ring (bicyclic) bond motifs is 1. The van der Waals surface area contributed by atoms with Gasteiger partial charge in [-0.2, -0.15) is 13.2 Å². The zero-order valence-corrected chi connectivity index (χ0v) is 18.2. The van der Waals surface area contributed by atoms with E-state index in [-0.39, 0.29) is 24.0 Å². The van der Waals surface area contributed by atoms with Gasteiger partial charge in [-0.1, -0.05) is 36.4 Å². The van der Waals surface area contributed by atoms with E-state index < -0.39 is 41.3 Å². The fourth-order valence-electron chi connectivity index (χ4n) is 4.43. The summed E-state index contributed by atoms with van der Waals surface area (Å²) in [6.45, 7) is 0. The number of halogens is 4. The topological polar surface area (TPSA) is 55.4 Å². The number of nitrogens with one attached hydrogen (secondary N) is 1. The Morgan fingerprint density at radius 1 is 1.06 bits per heavy atom. The molecule has 3 aromatic rings. The second-order valence-electron chi connectivity index (χ2n) is 8.14. The van der Waals surface area contributed by atoms with Crippen molar-refractivity contribution < 1.29 is 31.9 Å². The van der Waals surface area contributed by atoms with E-state index in [0.29, 0.717) is 16.8 Å². The van der Waals surface area contributed by atoms with Crippen LogP contribution in [0.25, 0.3) is 0 Å². The van der Waals surface area contributed by atoms with Crippen LogP contribution in [0.5, 0.6) is 0 Å². The van der Waals surface area contributed by atoms with Gasteiger partial charge in [0.15, 0.2) is 0 Å². The van der Waals surface area contributed by atoms with Crippen LogP contribution in [0.1, 0.15) is 38.5 Å². The highest BCUT2D eigenvalue weighted by atomic mass is 19.4. The molecule has 0 saturated heterocycles. The number of benzene rings is 3. The molecule has 0 bridgehead atoms. The lowest BCUT2D eigenvalue weighted by molar-refractivity contribution is -0.138. The lowest BCUT2D eigenvalue weighted by Gasteiger charge is -2.32. The molecule has 1 N–H and O–H groups in total. The quantitative estimate of drug-likeness (QED) is 0.380. The average Bonchev–Trinajstić information content (AvgIpc) is 2.82. The Morgan fingerprint density at radius 3 is 2.44 bits per heavy atom. The first kappa shape index (κ1) is 23.5. The molecule has 3 aromatic carbocycles. The normalized spacial score (nSPS) is 16.4. The summed E-state index contributed by atoms with van der Waals surface area (Å²) in [7, 11) is 1.24. The minimum Gasteiger partial charge on any atom is -0.465 e. The van der Waals surface area contributed by atoms with Crippen molar-refractivity contribution in [1.29, 1.82) is 0 Å². The smallest absolute Gasteiger partial charge is 0.416 e. The Balaban J connectivity index is 1.77. The van der Waals surface area contributed by atoms with Crippen LogP contribution in [-0.4, -0.2) is 19.0 Å². The van der Waals surface area contributed by atoms with E-state index in [4.69, 9.17) is 4.74 Å². The maximum atomic E-state index is 14.5. The number of alkyl halides is 3. The Labute approximate surface area is 193 Å². The molecule has 0 saturated carbocycles. The lowest BCUT2D eigenvalue weighted by Crippen LogP contribution is -2.35. The molecule has 1 amide bonds. The van der Waals surface area contributed by atoms with E-state index in [0.717, 1.165) is 6.07 Å². The van der Waals surface area contributed by atoms with Gasteiger partial charge in [0.25, 0.3) is 0 Å². The van der Waals surface area contributed by atoms with E-state index in [2.05, 4.69) is 5.32 Å². The third-order valence-corrected chi connectivity index (χ3v) is 6.15. The molecule has 0 aromatic heterocycles. The zero-order valence-electron chi connectivity index (χ0n) is 18.2. The maximum absolute atomic E-state index is 14.5. The van der Waals surface area contributed by atoms with Gasteiger partial charge in [0.1, 0.15) is 5.82 Å². The van der Waals surface area contributed by atoms with Crippen LogP contribution < -0.4 is 5.32 Å². The van der Waals surface area contributed by atoms with Crippen molar-refractivity contribution in [2.75, 3.05) is 12.4 Å². The number of methoxy groups -OCH3 is 1. The minimum absolute atomic E-state index is 0.0316. The molecule has 0 fully saturated rings. The number of esters is 1. The molecule has 176 valence electrons. The Morgan fingerprint density at radius 2 is 1.76 bits per heavy atom. The number of hydrogen-bond acceptors (Lipinski definition) is 3. The van der Waals surface area contributed by atoms with Crippen LogP contribution in [0, 0.1) is 11.7 Å². The number of amides is 1. The highest BCUT2D eigenvalue weighted by Crippen LogP contribution is 2.40. The van der Waals surface area contributed by atoms with E-state index >= 15 is 0 Å². The molecule has 0 aliphatic carbocycles. The molecule has 34 heavy (non-hydrogen) atoms. The van der Waals surface area contributed by atoms with E-state index in [1.165, 1.54) is 49.6 Å². The van der Waals surface area contributed by atoms with E-state index in [1.54, 1.807) is 18.2 Å².